The molecule has 0 bridgehead atoms. The fourth-order valence-corrected chi connectivity index (χ4v) is 4.50. The van der Waals surface area contributed by atoms with E-state index in [1.54, 1.807) is 47.4 Å². The molecule has 0 unspecified atom stereocenters. The Balaban J connectivity index is 1.39. The van der Waals surface area contributed by atoms with Crippen LogP contribution in [0.1, 0.15) is 32.1 Å². The van der Waals surface area contributed by atoms with E-state index in [1.807, 2.05) is 37.4 Å². The lowest BCUT2D eigenvalue weighted by atomic mass is 10.0. The van der Waals surface area contributed by atoms with Crippen molar-refractivity contribution >= 4 is 46.4 Å². The van der Waals surface area contributed by atoms with Crippen LogP contribution in [0.3, 0.4) is 0 Å². The Kier molecular flexibility index (Phi) is 6.24. The number of nitrogens with one attached hydrogen (secondary N) is 1. The number of fused-ring (bicyclic) bond motifs is 3. The van der Waals surface area contributed by atoms with E-state index in [1.165, 1.54) is 0 Å². The molecule has 5 rings (SSSR count). The zero-order valence-electron chi connectivity index (χ0n) is 18.8. The Labute approximate surface area is 212 Å². The fraction of sp³-hybridized carbons (Fsp3) is 0.111. The number of aromatic nitrogens is 2. The molecular weight excluding hydrogens is 483 g/mol. The van der Waals surface area contributed by atoms with E-state index in [0.717, 1.165) is 22.5 Å². The van der Waals surface area contributed by atoms with Crippen molar-refractivity contribution < 1.29 is 9.59 Å². The van der Waals surface area contributed by atoms with E-state index in [9.17, 15) is 9.59 Å². The van der Waals surface area contributed by atoms with Crippen molar-refractivity contribution in [3.63, 3.8) is 0 Å². The highest BCUT2D eigenvalue weighted by atomic mass is 35.5. The van der Waals surface area contributed by atoms with Gasteiger partial charge in [0.05, 0.1) is 27.0 Å². The molecule has 0 saturated carbocycles. The first-order valence-electron chi connectivity index (χ1n) is 11.0. The maximum atomic E-state index is 13.5. The van der Waals surface area contributed by atoms with Crippen LogP contribution in [0.15, 0.2) is 72.9 Å². The number of rotatable bonds is 3. The van der Waals surface area contributed by atoms with E-state index >= 15 is 0 Å². The zero-order chi connectivity index (χ0) is 24.5. The Hall–Kier alpha value is -3.74. The summed E-state index contributed by atoms with van der Waals surface area (Å²) in [6.07, 6.45) is 2.48. The summed E-state index contributed by atoms with van der Waals surface area (Å²) >= 11 is 12.2. The first-order chi connectivity index (χ1) is 16.9. The largest absolute Gasteiger partial charge is 0.322 e. The highest BCUT2D eigenvalue weighted by Gasteiger charge is 2.26. The molecule has 1 aromatic heterocycles. The van der Waals surface area contributed by atoms with Crippen LogP contribution in [0.5, 0.6) is 0 Å². The van der Waals surface area contributed by atoms with Crippen molar-refractivity contribution in [1.82, 2.24) is 9.97 Å². The van der Waals surface area contributed by atoms with Gasteiger partial charge < -0.3 is 10.2 Å². The SMILES string of the molecule is Cc1ncc2c(n1)-c1ccccc1N(C(=O)c1ccc(NC(=O)c3cccc(Cl)c3Cl)cc1)CC2. The molecule has 2 amide bonds. The van der Waals surface area contributed by atoms with Crippen LogP contribution in [-0.4, -0.2) is 28.3 Å². The number of carbonyl (C=O) groups excluding carboxylic acids is 2. The molecule has 35 heavy (non-hydrogen) atoms. The molecule has 8 heteroatoms. The Bertz CT molecular complexity index is 1450. The van der Waals surface area contributed by atoms with Gasteiger partial charge in [-0.15, -0.1) is 0 Å². The molecule has 2 heterocycles. The van der Waals surface area contributed by atoms with Crippen LogP contribution in [0, 0.1) is 6.92 Å². The number of hydrogen-bond acceptors (Lipinski definition) is 4. The number of benzene rings is 3. The first kappa shape index (κ1) is 23.0. The number of para-hydroxylation sites is 1. The molecule has 6 nitrogen and oxygen atoms in total. The van der Waals surface area contributed by atoms with Crippen LogP contribution < -0.4 is 10.2 Å². The average Bonchev–Trinajstić information content (AvgIpc) is 3.02. The number of halogens is 2. The van der Waals surface area contributed by atoms with Crippen LogP contribution >= 0.6 is 23.2 Å². The summed E-state index contributed by atoms with van der Waals surface area (Å²) in [6, 6.07) is 19.4. The fourth-order valence-electron chi connectivity index (χ4n) is 4.11. The molecule has 0 saturated heterocycles. The van der Waals surface area contributed by atoms with Gasteiger partial charge in [-0.25, -0.2) is 9.97 Å². The molecule has 3 aromatic carbocycles. The van der Waals surface area contributed by atoms with Crippen molar-refractivity contribution in [3.05, 3.63) is 105 Å². The van der Waals surface area contributed by atoms with Crippen LogP contribution in [-0.2, 0) is 6.42 Å². The summed E-state index contributed by atoms with van der Waals surface area (Å²) in [6.45, 7) is 2.36. The summed E-state index contributed by atoms with van der Waals surface area (Å²) < 4.78 is 0. The normalized spacial score (nSPS) is 12.4. The van der Waals surface area contributed by atoms with Crippen molar-refractivity contribution in [2.24, 2.45) is 0 Å². The van der Waals surface area contributed by atoms with Gasteiger partial charge in [-0.1, -0.05) is 47.5 Å². The summed E-state index contributed by atoms with van der Waals surface area (Å²) in [7, 11) is 0. The predicted molar refractivity (Wildman–Crippen MR) is 138 cm³/mol. The Morgan fingerprint density at radius 2 is 1.74 bits per heavy atom. The molecule has 4 aromatic rings. The van der Waals surface area contributed by atoms with Gasteiger partial charge in [-0.2, -0.15) is 0 Å². The second-order valence-corrected chi connectivity index (χ2v) is 8.93. The molecular formula is C27H20Cl2N4O2. The standard InChI is InChI=1S/C27H20Cl2N4O2/c1-16-30-15-18-13-14-33(23-8-3-2-5-20(23)25(18)31-16)27(35)17-9-11-19(12-10-17)32-26(34)21-6-4-7-22(28)24(21)29/h2-12,15H,13-14H2,1H3,(H,32,34). The average molecular weight is 503 g/mol. The number of carbonyl (C=O) groups is 2. The highest BCUT2D eigenvalue weighted by molar-refractivity contribution is 6.44. The van der Waals surface area contributed by atoms with E-state index in [0.29, 0.717) is 35.1 Å². The number of amides is 2. The third kappa shape index (κ3) is 4.50. The predicted octanol–water partition coefficient (Wildman–Crippen LogP) is 6.21. The van der Waals surface area contributed by atoms with Crippen molar-refractivity contribution in [2.75, 3.05) is 16.8 Å². The molecule has 1 N–H and O–H groups in total. The maximum Gasteiger partial charge on any atom is 0.258 e. The minimum Gasteiger partial charge on any atom is -0.322 e. The third-order valence-electron chi connectivity index (χ3n) is 5.87. The van der Waals surface area contributed by atoms with Gasteiger partial charge >= 0.3 is 0 Å². The van der Waals surface area contributed by atoms with Crippen LogP contribution in [0.4, 0.5) is 11.4 Å². The van der Waals surface area contributed by atoms with Crippen molar-refractivity contribution in [1.29, 1.82) is 0 Å². The second-order valence-electron chi connectivity index (χ2n) is 8.15. The Morgan fingerprint density at radius 1 is 0.971 bits per heavy atom. The van der Waals surface area contributed by atoms with E-state index in [2.05, 4.69) is 15.3 Å². The summed E-state index contributed by atoms with van der Waals surface area (Å²) in [5.74, 6) is 0.174. The summed E-state index contributed by atoms with van der Waals surface area (Å²) in [5.41, 5.74) is 4.91. The molecule has 0 spiro atoms. The molecule has 0 aliphatic carbocycles. The maximum absolute atomic E-state index is 13.5. The molecule has 0 fully saturated rings. The lowest BCUT2D eigenvalue weighted by Gasteiger charge is -2.23. The quantitative estimate of drug-likeness (QED) is 0.361. The van der Waals surface area contributed by atoms with Gasteiger partial charge in [0, 0.05) is 29.6 Å². The summed E-state index contributed by atoms with van der Waals surface area (Å²) in [4.78, 5) is 36.9. The number of aryl methyl sites for hydroxylation is 1. The first-order valence-corrected chi connectivity index (χ1v) is 11.8. The van der Waals surface area contributed by atoms with Crippen molar-refractivity contribution in [3.8, 4) is 11.3 Å². The van der Waals surface area contributed by atoms with Gasteiger partial charge in [0.1, 0.15) is 5.82 Å². The number of anilines is 2. The monoisotopic (exact) mass is 502 g/mol. The minimum absolute atomic E-state index is 0.134. The van der Waals surface area contributed by atoms with Gasteiger partial charge in [0.25, 0.3) is 11.8 Å². The lowest BCUT2D eigenvalue weighted by molar-refractivity contribution is 0.0986. The van der Waals surface area contributed by atoms with Gasteiger partial charge in [0.2, 0.25) is 0 Å². The van der Waals surface area contributed by atoms with Gasteiger partial charge in [0.15, 0.2) is 0 Å². The molecule has 1 aliphatic heterocycles. The highest BCUT2D eigenvalue weighted by Crippen LogP contribution is 2.35. The smallest absolute Gasteiger partial charge is 0.258 e. The number of hydrogen-bond donors (Lipinski definition) is 1. The minimum atomic E-state index is -0.382. The molecule has 0 radical (unpaired) electrons. The molecule has 174 valence electrons. The van der Waals surface area contributed by atoms with Crippen molar-refractivity contribution in [2.45, 2.75) is 13.3 Å². The zero-order valence-corrected chi connectivity index (χ0v) is 20.3. The Morgan fingerprint density at radius 3 is 2.54 bits per heavy atom. The van der Waals surface area contributed by atoms with Crippen LogP contribution in [0.2, 0.25) is 10.0 Å². The van der Waals surface area contributed by atoms with E-state index in [4.69, 9.17) is 23.2 Å². The van der Waals surface area contributed by atoms with Crippen LogP contribution in [0.25, 0.3) is 11.3 Å². The van der Waals surface area contributed by atoms with Gasteiger partial charge in [-0.05, 0) is 61.4 Å². The van der Waals surface area contributed by atoms with E-state index < -0.39 is 0 Å². The lowest BCUT2D eigenvalue weighted by Crippen LogP contribution is -2.32. The third-order valence-corrected chi connectivity index (χ3v) is 6.69. The molecule has 0 atom stereocenters. The topological polar surface area (TPSA) is 75.2 Å². The van der Waals surface area contributed by atoms with E-state index in [-0.39, 0.29) is 22.4 Å². The second kappa shape index (κ2) is 9.49. The summed E-state index contributed by atoms with van der Waals surface area (Å²) in [5, 5.41) is 3.29. The molecule has 1 aliphatic rings. The number of nitrogens with zero attached hydrogens (tertiary/aromatic N) is 3. The van der Waals surface area contributed by atoms with Gasteiger partial charge in [-0.3, -0.25) is 9.59 Å².